The van der Waals surface area contributed by atoms with Gasteiger partial charge >= 0.3 is 6.03 Å². The molecule has 2 aliphatic heterocycles. The van der Waals surface area contributed by atoms with Crippen LogP contribution in [-0.4, -0.2) is 34.5 Å². The summed E-state index contributed by atoms with van der Waals surface area (Å²) >= 11 is 13.4. The van der Waals surface area contributed by atoms with E-state index in [1.165, 1.54) is 4.90 Å². The molecule has 3 rings (SSSR count). The van der Waals surface area contributed by atoms with Crippen molar-refractivity contribution in [2.45, 2.75) is 12.5 Å². The second-order valence-electron chi connectivity index (χ2n) is 4.37. The number of carbonyl (C=O) groups is 2. The van der Waals surface area contributed by atoms with E-state index >= 15 is 0 Å². The zero-order valence-corrected chi connectivity index (χ0v) is 12.1. The van der Waals surface area contributed by atoms with Crippen LogP contribution in [0.25, 0.3) is 0 Å². The number of hydrogen-bond donors (Lipinski definition) is 0. The molecule has 1 unspecified atom stereocenters. The molecule has 0 bridgehead atoms. The topological polar surface area (TPSA) is 40.6 Å². The second-order valence-corrected chi connectivity index (χ2v) is 6.26. The molecule has 0 radical (unpaired) electrons. The van der Waals surface area contributed by atoms with E-state index in [0.717, 1.165) is 5.75 Å². The highest BCUT2D eigenvalue weighted by molar-refractivity contribution is 7.99. The van der Waals surface area contributed by atoms with Gasteiger partial charge in [-0.15, -0.1) is 11.8 Å². The molecule has 4 nitrogen and oxygen atoms in total. The van der Waals surface area contributed by atoms with Gasteiger partial charge in [0.25, 0.3) is 5.91 Å². The van der Waals surface area contributed by atoms with Gasteiger partial charge in [0.15, 0.2) is 0 Å². The number of benzene rings is 1. The Morgan fingerprint density at radius 3 is 2.68 bits per heavy atom. The van der Waals surface area contributed by atoms with Crippen LogP contribution in [0.5, 0.6) is 0 Å². The van der Waals surface area contributed by atoms with Crippen molar-refractivity contribution in [3.63, 3.8) is 0 Å². The van der Waals surface area contributed by atoms with Gasteiger partial charge in [0.1, 0.15) is 6.04 Å². The van der Waals surface area contributed by atoms with Crippen LogP contribution in [0.15, 0.2) is 18.2 Å². The highest BCUT2D eigenvalue weighted by Crippen LogP contribution is 2.34. The van der Waals surface area contributed by atoms with Crippen LogP contribution in [0.3, 0.4) is 0 Å². The molecule has 0 saturated carbocycles. The van der Waals surface area contributed by atoms with Gasteiger partial charge in [0.2, 0.25) is 0 Å². The molecule has 2 heterocycles. The molecule has 2 aliphatic rings. The maximum absolute atomic E-state index is 12.3. The fourth-order valence-corrected chi connectivity index (χ4v) is 3.58. The predicted octanol–water partition coefficient (Wildman–Crippen LogP) is 3.23. The van der Waals surface area contributed by atoms with E-state index in [9.17, 15) is 9.59 Å². The summed E-state index contributed by atoms with van der Waals surface area (Å²) in [5.41, 5.74) is 0.476. The first-order valence-corrected chi connectivity index (χ1v) is 7.68. The van der Waals surface area contributed by atoms with Gasteiger partial charge in [0, 0.05) is 0 Å². The monoisotopic (exact) mass is 316 g/mol. The van der Waals surface area contributed by atoms with Crippen molar-refractivity contribution in [2.75, 3.05) is 16.5 Å². The molecule has 19 heavy (non-hydrogen) atoms. The molecular formula is C12H10Cl2N2O2S. The van der Waals surface area contributed by atoms with Crippen molar-refractivity contribution in [1.29, 1.82) is 0 Å². The first-order valence-electron chi connectivity index (χ1n) is 5.77. The highest BCUT2D eigenvalue weighted by Gasteiger charge is 2.46. The van der Waals surface area contributed by atoms with Gasteiger partial charge < -0.3 is 4.90 Å². The minimum atomic E-state index is -0.330. The lowest BCUT2D eigenvalue weighted by molar-refractivity contribution is -0.119. The maximum Gasteiger partial charge on any atom is 0.332 e. The smallest absolute Gasteiger partial charge is 0.303 e. The Bertz CT molecular complexity index is 543. The third-order valence-corrected chi connectivity index (χ3v) is 4.97. The van der Waals surface area contributed by atoms with Gasteiger partial charge in [-0.1, -0.05) is 23.2 Å². The molecule has 1 atom stereocenters. The van der Waals surface area contributed by atoms with Gasteiger partial charge in [-0.05, 0) is 30.4 Å². The molecule has 2 fully saturated rings. The third kappa shape index (κ3) is 2.10. The lowest BCUT2D eigenvalue weighted by Gasteiger charge is -2.25. The van der Waals surface area contributed by atoms with Crippen molar-refractivity contribution in [3.05, 3.63) is 28.2 Å². The Hall–Kier alpha value is -0.910. The van der Waals surface area contributed by atoms with Crippen LogP contribution >= 0.6 is 35.0 Å². The molecule has 1 aromatic carbocycles. The standard InChI is InChI=1S/C12H10Cl2N2O2S/c13-8-2-1-7(5-9(8)14)16-11(17)10-3-4-19-6-15(10)12(16)18/h1-2,5,10H,3-4,6H2. The number of thioether (sulfide) groups is 1. The molecule has 0 aromatic heterocycles. The van der Waals surface area contributed by atoms with Crippen LogP contribution in [0.2, 0.25) is 10.0 Å². The van der Waals surface area contributed by atoms with Crippen molar-refractivity contribution in [2.24, 2.45) is 0 Å². The van der Waals surface area contributed by atoms with Gasteiger partial charge in [-0.25, -0.2) is 9.69 Å². The van der Waals surface area contributed by atoms with E-state index in [2.05, 4.69) is 0 Å². The first kappa shape index (κ1) is 13.1. The fraction of sp³-hybridized carbons (Fsp3) is 0.333. The number of carbonyl (C=O) groups excluding carboxylic acids is 2. The average molecular weight is 317 g/mol. The quantitative estimate of drug-likeness (QED) is 0.747. The Labute approximate surface area is 124 Å². The zero-order valence-electron chi connectivity index (χ0n) is 9.81. The number of hydrogen-bond acceptors (Lipinski definition) is 3. The van der Waals surface area contributed by atoms with E-state index in [4.69, 9.17) is 23.2 Å². The van der Waals surface area contributed by atoms with Crippen molar-refractivity contribution < 1.29 is 9.59 Å². The van der Waals surface area contributed by atoms with Gasteiger partial charge in [0.05, 0.1) is 21.6 Å². The highest BCUT2D eigenvalue weighted by atomic mass is 35.5. The molecule has 0 spiro atoms. The van der Waals surface area contributed by atoms with Crippen LogP contribution in [0, 0.1) is 0 Å². The minimum absolute atomic E-state index is 0.177. The van der Waals surface area contributed by atoms with Crippen LogP contribution in [-0.2, 0) is 4.79 Å². The van der Waals surface area contributed by atoms with E-state index in [1.54, 1.807) is 34.9 Å². The SMILES string of the molecule is O=C1C2CCSCN2C(=O)N1c1ccc(Cl)c(Cl)c1. The molecule has 2 saturated heterocycles. The normalized spacial score (nSPS) is 22.9. The molecule has 0 aliphatic carbocycles. The van der Waals surface area contributed by atoms with E-state index in [1.807, 2.05) is 0 Å². The van der Waals surface area contributed by atoms with Crippen molar-refractivity contribution in [3.8, 4) is 0 Å². The summed E-state index contributed by atoms with van der Waals surface area (Å²) in [6.45, 7) is 0. The molecule has 0 N–H and O–H groups in total. The van der Waals surface area contributed by atoms with E-state index < -0.39 is 0 Å². The van der Waals surface area contributed by atoms with Crippen LogP contribution in [0.4, 0.5) is 10.5 Å². The number of urea groups is 1. The summed E-state index contributed by atoms with van der Waals surface area (Å²) in [6.07, 6.45) is 0.701. The average Bonchev–Trinajstić information content (AvgIpc) is 2.66. The Morgan fingerprint density at radius 2 is 2.00 bits per heavy atom. The van der Waals surface area contributed by atoms with Gasteiger partial charge in [-0.3, -0.25) is 4.79 Å². The Balaban J connectivity index is 1.98. The third-order valence-electron chi connectivity index (χ3n) is 3.25. The molecule has 3 amide bonds. The lowest BCUT2D eigenvalue weighted by atomic mass is 10.2. The summed E-state index contributed by atoms with van der Waals surface area (Å²) in [7, 11) is 0. The Kier molecular flexibility index (Phi) is 3.37. The summed E-state index contributed by atoms with van der Waals surface area (Å²) < 4.78 is 0. The summed E-state index contributed by atoms with van der Waals surface area (Å²) in [5.74, 6) is 1.28. The fourth-order valence-electron chi connectivity index (χ4n) is 2.28. The second kappa shape index (κ2) is 4.89. The summed E-state index contributed by atoms with van der Waals surface area (Å²) in [6, 6.07) is 4.16. The van der Waals surface area contributed by atoms with Gasteiger partial charge in [-0.2, -0.15) is 0 Å². The zero-order chi connectivity index (χ0) is 13.6. The number of nitrogens with zero attached hydrogens (tertiary/aromatic N) is 2. The van der Waals surface area contributed by atoms with Crippen LogP contribution < -0.4 is 4.90 Å². The molecular weight excluding hydrogens is 307 g/mol. The predicted molar refractivity (Wildman–Crippen MR) is 76.9 cm³/mol. The number of imide groups is 1. The Morgan fingerprint density at radius 1 is 1.21 bits per heavy atom. The summed E-state index contributed by atoms with van der Waals surface area (Å²) in [5, 5.41) is 0.733. The molecule has 1 aromatic rings. The number of rotatable bonds is 1. The minimum Gasteiger partial charge on any atom is -0.303 e. The van der Waals surface area contributed by atoms with Crippen molar-refractivity contribution in [1.82, 2.24) is 4.90 Å². The maximum atomic E-state index is 12.3. The molecule has 7 heteroatoms. The number of anilines is 1. The summed E-state index contributed by atoms with van der Waals surface area (Å²) in [4.78, 5) is 27.4. The van der Waals surface area contributed by atoms with E-state index in [-0.39, 0.29) is 18.0 Å². The number of halogens is 2. The largest absolute Gasteiger partial charge is 0.332 e. The first-order chi connectivity index (χ1) is 9.09. The van der Waals surface area contributed by atoms with Crippen molar-refractivity contribution >= 4 is 52.6 Å². The molecule has 100 valence electrons. The lowest BCUT2D eigenvalue weighted by Crippen LogP contribution is -2.38. The van der Waals surface area contributed by atoms with Crippen LogP contribution in [0.1, 0.15) is 6.42 Å². The van der Waals surface area contributed by atoms with E-state index in [0.29, 0.717) is 28.0 Å². The number of amides is 3. The number of fused-ring (bicyclic) bond motifs is 1.